The fraction of sp³-hybridized carbons (Fsp3) is 0.214. The Balaban J connectivity index is 2.55. The van der Waals surface area contributed by atoms with E-state index in [1.165, 1.54) is 6.07 Å². The summed E-state index contributed by atoms with van der Waals surface area (Å²) in [5.41, 5.74) is 1.03. The van der Waals surface area contributed by atoms with Gasteiger partial charge < -0.3 is 14.8 Å². The van der Waals surface area contributed by atoms with Gasteiger partial charge in [0.15, 0.2) is 0 Å². The molecule has 0 aliphatic carbocycles. The number of rotatable bonds is 4. The van der Waals surface area contributed by atoms with Crippen LogP contribution in [0.4, 0.5) is 0 Å². The Hall–Kier alpha value is -1.30. The average molecular weight is 359 g/mol. The molecular formula is C14H13BrClNO3. The molecule has 106 valence electrons. The van der Waals surface area contributed by atoms with Crippen LogP contribution in [0.2, 0.25) is 5.02 Å². The molecule has 20 heavy (non-hydrogen) atoms. The number of carbonyl (C=O) groups is 1. The molecular weight excluding hydrogens is 346 g/mol. The van der Waals surface area contributed by atoms with E-state index in [0.717, 1.165) is 0 Å². The van der Waals surface area contributed by atoms with Gasteiger partial charge in [-0.1, -0.05) is 23.7 Å². The highest BCUT2D eigenvalue weighted by Crippen LogP contribution is 2.31. The van der Waals surface area contributed by atoms with Gasteiger partial charge in [-0.05, 0) is 46.6 Å². The number of carboxylic acid groups (broad SMARTS) is 1. The predicted octanol–water partition coefficient (Wildman–Crippen LogP) is 3.70. The number of aromatic carboxylic acids is 1. The van der Waals surface area contributed by atoms with Crippen LogP contribution in [-0.4, -0.2) is 20.7 Å². The van der Waals surface area contributed by atoms with Crippen LogP contribution >= 0.6 is 27.5 Å². The van der Waals surface area contributed by atoms with Gasteiger partial charge in [0.25, 0.3) is 0 Å². The van der Waals surface area contributed by atoms with Crippen molar-refractivity contribution in [3.05, 3.63) is 56.8 Å². The van der Waals surface area contributed by atoms with Gasteiger partial charge in [0.2, 0.25) is 0 Å². The lowest BCUT2D eigenvalue weighted by Crippen LogP contribution is -2.12. The van der Waals surface area contributed by atoms with E-state index < -0.39 is 12.1 Å². The lowest BCUT2D eigenvalue weighted by molar-refractivity contribution is 0.0690. The molecule has 0 amide bonds. The summed E-state index contributed by atoms with van der Waals surface area (Å²) < 4.78 is 2.35. The summed E-state index contributed by atoms with van der Waals surface area (Å²) in [5, 5.41) is 20.3. The molecule has 0 saturated heterocycles. The summed E-state index contributed by atoms with van der Waals surface area (Å²) in [6.07, 6.45) is -1.02. The normalized spacial score (nSPS) is 12.4. The molecule has 4 nitrogen and oxygen atoms in total. The maximum Gasteiger partial charge on any atom is 0.337 e. The second kappa shape index (κ2) is 5.99. The van der Waals surface area contributed by atoms with Crippen molar-refractivity contribution in [2.75, 3.05) is 0 Å². The number of aliphatic hydroxyl groups is 1. The van der Waals surface area contributed by atoms with Crippen molar-refractivity contribution in [2.24, 2.45) is 0 Å². The Kier molecular flexibility index (Phi) is 4.52. The van der Waals surface area contributed by atoms with Gasteiger partial charge in [-0.3, -0.25) is 0 Å². The third-order valence-electron chi connectivity index (χ3n) is 3.08. The fourth-order valence-corrected chi connectivity index (χ4v) is 2.92. The first kappa shape index (κ1) is 15.1. The SMILES string of the molecule is CCn1c(Br)cc(C(=O)O)c1C(O)c1ccc(Cl)cc1. The Labute approximate surface area is 129 Å². The summed E-state index contributed by atoms with van der Waals surface area (Å²) in [6.45, 7) is 2.43. The van der Waals surface area contributed by atoms with E-state index in [4.69, 9.17) is 11.6 Å². The molecule has 6 heteroatoms. The second-order valence-corrected chi connectivity index (χ2v) is 5.52. The van der Waals surface area contributed by atoms with E-state index in [0.29, 0.717) is 27.4 Å². The van der Waals surface area contributed by atoms with Crippen LogP contribution in [0.1, 0.15) is 34.6 Å². The van der Waals surface area contributed by atoms with E-state index in [2.05, 4.69) is 15.9 Å². The number of halogens is 2. The maximum absolute atomic E-state index is 11.3. The van der Waals surface area contributed by atoms with E-state index in [1.54, 1.807) is 28.8 Å². The van der Waals surface area contributed by atoms with Gasteiger partial charge in [0.05, 0.1) is 15.9 Å². The van der Waals surface area contributed by atoms with Crippen molar-refractivity contribution in [3.8, 4) is 0 Å². The lowest BCUT2D eigenvalue weighted by Gasteiger charge is -2.16. The highest BCUT2D eigenvalue weighted by Gasteiger charge is 2.25. The van der Waals surface area contributed by atoms with Crippen molar-refractivity contribution in [1.29, 1.82) is 0 Å². The van der Waals surface area contributed by atoms with Crippen LogP contribution in [0.3, 0.4) is 0 Å². The fourth-order valence-electron chi connectivity index (χ4n) is 2.12. The molecule has 1 aromatic heterocycles. The number of nitrogens with zero attached hydrogens (tertiary/aromatic N) is 1. The van der Waals surface area contributed by atoms with Crippen LogP contribution in [0.25, 0.3) is 0 Å². The first-order valence-electron chi connectivity index (χ1n) is 6.01. The van der Waals surface area contributed by atoms with Crippen LogP contribution < -0.4 is 0 Å². The maximum atomic E-state index is 11.3. The molecule has 0 fully saturated rings. The van der Waals surface area contributed by atoms with Crippen molar-refractivity contribution in [2.45, 2.75) is 19.6 Å². The van der Waals surface area contributed by atoms with Crippen LogP contribution in [0, 0.1) is 0 Å². The smallest absolute Gasteiger partial charge is 0.337 e. The number of benzene rings is 1. The third kappa shape index (κ3) is 2.75. The molecule has 1 atom stereocenters. The second-order valence-electron chi connectivity index (χ2n) is 4.27. The Morgan fingerprint density at radius 2 is 2.00 bits per heavy atom. The van der Waals surface area contributed by atoms with Crippen LogP contribution in [0.15, 0.2) is 34.9 Å². The summed E-state index contributed by atoms with van der Waals surface area (Å²) in [7, 11) is 0. The molecule has 0 aliphatic heterocycles. The van der Waals surface area contributed by atoms with Crippen molar-refractivity contribution >= 4 is 33.5 Å². The standard InChI is InChI=1S/C14H13BrClNO3/c1-2-17-11(15)7-10(14(19)20)12(17)13(18)8-3-5-9(16)6-4-8/h3-7,13,18H,2H2,1H3,(H,19,20). The number of hydrogen-bond acceptors (Lipinski definition) is 2. The average Bonchev–Trinajstić information content (AvgIpc) is 2.75. The Morgan fingerprint density at radius 3 is 2.50 bits per heavy atom. The van der Waals surface area contributed by atoms with Crippen molar-refractivity contribution < 1.29 is 15.0 Å². The predicted molar refractivity (Wildman–Crippen MR) is 80.3 cm³/mol. The summed E-state index contributed by atoms with van der Waals surface area (Å²) in [5.74, 6) is -1.07. The Morgan fingerprint density at radius 1 is 1.40 bits per heavy atom. The minimum Gasteiger partial charge on any atom is -0.478 e. The monoisotopic (exact) mass is 357 g/mol. The summed E-state index contributed by atoms with van der Waals surface area (Å²) in [6, 6.07) is 8.18. The molecule has 1 unspecified atom stereocenters. The molecule has 0 saturated carbocycles. The zero-order chi connectivity index (χ0) is 14.9. The van der Waals surface area contributed by atoms with Crippen LogP contribution in [0.5, 0.6) is 0 Å². The Bertz CT molecular complexity index is 637. The molecule has 0 spiro atoms. The molecule has 2 rings (SSSR count). The van der Waals surface area contributed by atoms with Crippen LogP contribution in [-0.2, 0) is 6.54 Å². The summed E-state index contributed by atoms with van der Waals surface area (Å²) >= 11 is 9.13. The highest BCUT2D eigenvalue weighted by molar-refractivity contribution is 9.10. The zero-order valence-electron chi connectivity index (χ0n) is 10.7. The van der Waals surface area contributed by atoms with E-state index in [9.17, 15) is 15.0 Å². The van der Waals surface area contributed by atoms with E-state index in [-0.39, 0.29) is 5.56 Å². The molecule has 0 aliphatic rings. The third-order valence-corrected chi connectivity index (χ3v) is 3.99. The van der Waals surface area contributed by atoms with Gasteiger partial charge in [0.1, 0.15) is 6.10 Å². The topological polar surface area (TPSA) is 62.5 Å². The first-order valence-corrected chi connectivity index (χ1v) is 7.18. The van der Waals surface area contributed by atoms with Gasteiger partial charge in [-0.15, -0.1) is 0 Å². The minimum atomic E-state index is -1.07. The minimum absolute atomic E-state index is 0.0844. The number of aromatic nitrogens is 1. The van der Waals surface area contributed by atoms with Gasteiger partial charge in [-0.25, -0.2) is 4.79 Å². The molecule has 2 aromatic rings. The molecule has 1 aromatic carbocycles. The molecule has 2 N–H and O–H groups in total. The number of aliphatic hydroxyl groups excluding tert-OH is 1. The van der Waals surface area contributed by atoms with Gasteiger partial charge >= 0.3 is 5.97 Å². The molecule has 0 radical (unpaired) electrons. The first-order chi connectivity index (χ1) is 9.45. The van der Waals surface area contributed by atoms with Crippen molar-refractivity contribution in [3.63, 3.8) is 0 Å². The lowest BCUT2D eigenvalue weighted by atomic mass is 10.0. The van der Waals surface area contributed by atoms with E-state index in [1.807, 2.05) is 6.92 Å². The van der Waals surface area contributed by atoms with E-state index >= 15 is 0 Å². The summed E-state index contributed by atoms with van der Waals surface area (Å²) in [4.78, 5) is 11.3. The van der Waals surface area contributed by atoms with Crippen molar-refractivity contribution in [1.82, 2.24) is 4.57 Å². The molecule has 1 heterocycles. The largest absolute Gasteiger partial charge is 0.478 e. The highest BCUT2D eigenvalue weighted by atomic mass is 79.9. The quantitative estimate of drug-likeness (QED) is 0.876. The number of carboxylic acids is 1. The van der Waals surface area contributed by atoms with Gasteiger partial charge in [0, 0.05) is 11.6 Å². The molecule has 0 bridgehead atoms. The number of hydrogen-bond donors (Lipinski definition) is 2. The van der Waals surface area contributed by atoms with Gasteiger partial charge in [-0.2, -0.15) is 0 Å². The zero-order valence-corrected chi connectivity index (χ0v) is 13.0.